The van der Waals surface area contributed by atoms with Crippen molar-refractivity contribution in [3.8, 4) is 5.75 Å². The van der Waals surface area contributed by atoms with E-state index in [1.54, 1.807) is 0 Å². The minimum Gasteiger partial charge on any atom is -0.494 e. The number of nitrogens with zero attached hydrogens (tertiary/aromatic N) is 2. The number of anilines is 1. The summed E-state index contributed by atoms with van der Waals surface area (Å²) in [5.74, 6) is -2.52. The smallest absolute Gasteiger partial charge is 0.307 e. The Morgan fingerprint density at radius 2 is 2.13 bits per heavy atom. The van der Waals surface area contributed by atoms with Crippen LogP contribution in [0.3, 0.4) is 0 Å². The Hall–Kier alpha value is -3.01. The van der Waals surface area contributed by atoms with Gasteiger partial charge in [0.1, 0.15) is 11.4 Å². The lowest BCUT2D eigenvalue weighted by molar-refractivity contribution is -0.387. The molecule has 0 bridgehead atoms. The van der Waals surface area contributed by atoms with E-state index in [0.717, 1.165) is 23.1 Å². The van der Waals surface area contributed by atoms with Crippen molar-refractivity contribution in [3.05, 3.63) is 39.8 Å². The molecule has 1 aliphatic rings. The number of halogens is 1. The summed E-state index contributed by atoms with van der Waals surface area (Å²) in [6.45, 7) is -0.579. The maximum absolute atomic E-state index is 13.6. The molecule has 0 saturated heterocycles. The highest BCUT2D eigenvalue weighted by Gasteiger charge is 2.31. The largest absolute Gasteiger partial charge is 0.494 e. The molecule has 1 aliphatic heterocycles. The summed E-state index contributed by atoms with van der Waals surface area (Å²) in [5, 5.41) is 22.1. The van der Waals surface area contributed by atoms with E-state index in [1.807, 2.05) is 0 Å². The van der Waals surface area contributed by atoms with Crippen molar-refractivity contribution >= 4 is 23.2 Å². The maximum atomic E-state index is 13.6. The SMILES string of the molecule is COc1cc(F)c([N+](=O)[O-])cc1NC1=CC(=O)N(CCO)C1=O. The molecule has 1 heterocycles. The van der Waals surface area contributed by atoms with Gasteiger partial charge in [-0.2, -0.15) is 4.39 Å². The van der Waals surface area contributed by atoms with Gasteiger partial charge in [-0.1, -0.05) is 0 Å². The van der Waals surface area contributed by atoms with Gasteiger partial charge in [-0.05, 0) is 0 Å². The summed E-state index contributed by atoms with van der Waals surface area (Å²) in [6.07, 6.45) is 0.979. The van der Waals surface area contributed by atoms with Gasteiger partial charge in [-0.3, -0.25) is 24.6 Å². The number of carbonyl (C=O) groups is 2. The first-order chi connectivity index (χ1) is 10.9. The summed E-state index contributed by atoms with van der Waals surface area (Å²) < 4.78 is 18.5. The van der Waals surface area contributed by atoms with Crippen LogP contribution in [0.2, 0.25) is 0 Å². The molecule has 1 aromatic carbocycles. The molecule has 0 spiro atoms. The molecule has 9 nitrogen and oxygen atoms in total. The standard InChI is InChI=1S/C13H12FN3O6/c1-23-11-4-7(14)10(17(21)22)5-8(11)15-9-6-12(19)16(2-3-18)13(9)20/h4-6,15,18H,2-3H2,1H3. The van der Waals surface area contributed by atoms with Crippen molar-refractivity contribution in [2.75, 3.05) is 25.6 Å². The van der Waals surface area contributed by atoms with Crippen molar-refractivity contribution in [3.63, 3.8) is 0 Å². The molecule has 122 valence electrons. The Morgan fingerprint density at radius 3 is 2.70 bits per heavy atom. The van der Waals surface area contributed by atoms with E-state index in [0.29, 0.717) is 0 Å². The minimum absolute atomic E-state index is 0.0427. The lowest BCUT2D eigenvalue weighted by atomic mass is 10.2. The molecule has 0 aliphatic carbocycles. The Labute approximate surface area is 129 Å². The summed E-state index contributed by atoms with van der Waals surface area (Å²) >= 11 is 0. The molecule has 0 fully saturated rings. The Balaban J connectivity index is 2.35. The third-order valence-electron chi connectivity index (χ3n) is 3.07. The second-order valence-electron chi connectivity index (χ2n) is 4.46. The number of amides is 2. The first kappa shape index (κ1) is 16.4. The van der Waals surface area contributed by atoms with Gasteiger partial charge in [0.05, 0.1) is 30.9 Å². The lowest BCUT2D eigenvalue weighted by Crippen LogP contribution is -2.34. The van der Waals surface area contributed by atoms with E-state index >= 15 is 0 Å². The monoisotopic (exact) mass is 325 g/mol. The van der Waals surface area contributed by atoms with Gasteiger partial charge in [0, 0.05) is 18.2 Å². The molecule has 0 aromatic heterocycles. The van der Waals surface area contributed by atoms with Crippen LogP contribution >= 0.6 is 0 Å². The zero-order valence-electron chi connectivity index (χ0n) is 11.9. The lowest BCUT2D eigenvalue weighted by Gasteiger charge is -2.14. The predicted molar refractivity (Wildman–Crippen MR) is 75.1 cm³/mol. The highest BCUT2D eigenvalue weighted by atomic mass is 19.1. The van der Waals surface area contributed by atoms with Crippen LogP contribution in [0.4, 0.5) is 15.8 Å². The van der Waals surface area contributed by atoms with Crippen LogP contribution in [0.5, 0.6) is 5.75 Å². The Kier molecular flexibility index (Phi) is 4.55. The average molecular weight is 325 g/mol. The zero-order chi connectivity index (χ0) is 17.1. The fourth-order valence-electron chi connectivity index (χ4n) is 2.01. The number of methoxy groups -OCH3 is 1. The van der Waals surface area contributed by atoms with E-state index in [9.17, 15) is 24.1 Å². The minimum atomic E-state index is -1.10. The number of ether oxygens (including phenoxy) is 1. The van der Waals surface area contributed by atoms with Crippen LogP contribution in [-0.2, 0) is 9.59 Å². The summed E-state index contributed by atoms with van der Waals surface area (Å²) in [4.78, 5) is 34.3. The molecule has 2 N–H and O–H groups in total. The second-order valence-corrected chi connectivity index (χ2v) is 4.46. The van der Waals surface area contributed by atoms with Gasteiger partial charge >= 0.3 is 5.69 Å². The molecular weight excluding hydrogens is 313 g/mol. The van der Waals surface area contributed by atoms with Crippen molar-refractivity contribution in [1.82, 2.24) is 4.90 Å². The fraction of sp³-hybridized carbons (Fsp3) is 0.231. The molecule has 23 heavy (non-hydrogen) atoms. The number of nitrogens with one attached hydrogen (secondary N) is 1. The quantitative estimate of drug-likeness (QED) is 0.441. The molecule has 2 rings (SSSR count). The van der Waals surface area contributed by atoms with Gasteiger partial charge < -0.3 is 15.2 Å². The third kappa shape index (κ3) is 3.11. The highest BCUT2D eigenvalue weighted by Crippen LogP contribution is 2.33. The van der Waals surface area contributed by atoms with Crippen molar-refractivity contribution in [2.45, 2.75) is 0 Å². The summed E-state index contributed by atoms with van der Waals surface area (Å²) in [7, 11) is 1.22. The zero-order valence-corrected chi connectivity index (χ0v) is 11.9. The molecule has 2 amide bonds. The molecule has 0 radical (unpaired) electrons. The molecular formula is C13H12FN3O6. The average Bonchev–Trinajstić information content (AvgIpc) is 2.76. The topological polar surface area (TPSA) is 122 Å². The van der Waals surface area contributed by atoms with Gasteiger partial charge in [-0.15, -0.1) is 0 Å². The van der Waals surface area contributed by atoms with E-state index in [-0.39, 0.29) is 23.7 Å². The molecule has 10 heteroatoms. The summed E-state index contributed by atoms with van der Waals surface area (Å²) in [5.41, 5.74) is -1.01. The van der Waals surface area contributed by atoms with E-state index < -0.39 is 34.8 Å². The number of nitro benzene ring substituents is 1. The molecule has 0 atom stereocenters. The number of aliphatic hydroxyl groups excluding tert-OH is 1. The number of benzene rings is 1. The van der Waals surface area contributed by atoms with Gasteiger partial charge in [0.2, 0.25) is 5.82 Å². The number of carbonyl (C=O) groups excluding carboxylic acids is 2. The van der Waals surface area contributed by atoms with Crippen LogP contribution in [0.25, 0.3) is 0 Å². The van der Waals surface area contributed by atoms with Gasteiger partial charge in [0.25, 0.3) is 11.8 Å². The van der Waals surface area contributed by atoms with E-state index in [4.69, 9.17) is 9.84 Å². The number of hydrogen-bond donors (Lipinski definition) is 2. The van der Waals surface area contributed by atoms with Gasteiger partial charge in [-0.25, -0.2) is 0 Å². The summed E-state index contributed by atoms with van der Waals surface area (Å²) in [6, 6.07) is 1.66. The Morgan fingerprint density at radius 1 is 1.43 bits per heavy atom. The Bertz CT molecular complexity index is 718. The maximum Gasteiger partial charge on any atom is 0.307 e. The van der Waals surface area contributed by atoms with Crippen molar-refractivity contribution < 1.29 is 28.7 Å². The van der Waals surface area contributed by atoms with Crippen LogP contribution in [0.15, 0.2) is 23.9 Å². The normalized spacial score (nSPS) is 14.0. The number of imide groups is 1. The van der Waals surface area contributed by atoms with E-state index in [1.165, 1.54) is 7.11 Å². The number of β-amino-alcohol motifs (C(OH)–C–C–N with tert-alkyl or cyclic N) is 1. The number of nitro groups is 1. The second kappa shape index (κ2) is 6.40. The highest BCUT2D eigenvalue weighted by molar-refractivity contribution is 6.17. The van der Waals surface area contributed by atoms with Crippen molar-refractivity contribution in [1.29, 1.82) is 0 Å². The predicted octanol–water partition coefficient (Wildman–Crippen LogP) is 0.399. The first-order valence-corrected chi connectivity index (χ1v) is 6.36. The fourth-order valence-corrected chi connectivity index (χ4v) is 2.01. The number of hydrogen-bond acceptors (Lipinski definition) is 7. The van der Waals surface area contributed by atoms with Crippen LogP contribution in [-0.4, -0.2) is 47.0 Å². The van der Waals surface area contributed by atoms with Crippen LogP contribution in [0.1, 0.15) is 0 Å². The van der Waals surface area contributed by atoms with E-state index in [2.05, 4.69) is 5.32 Å². The van der Waals surface area contributed by atoms with Crippen LogP contribution in [0, 0.1) is 15.9 Å². The number of rotatable bonds is 6. The van der Waals surface area contributed by atoms with Gasteiger partial charge in [0.15, 0.2) is 0 Å². The molecule has 0 saturated carbocycles. The van der Waals surface area contributed by atoms with Crippen molar-refractivity contribution in [2.24, 2.45) is 0 Å². The van der Waals surface area contributed by atoms with Crippen LogP contribution < -0.4 is 10.1 Å². The molecule has 1 aromatic rings. The molecule has 0 unspecified atom stereocenters. The third-order valence-corrected chi connectivity index (χ3v) is 3.07. The number of aliphatic hydroxyl groups is 1. The first-order valence-electron chi connectivity index (χ1n) is 6.36.